The molecule has 0 bridgehead atoms. The summed E-state index contributed by atoms with van der Waals surface area (Å²) in [4.78, 5) is 14.5. The number of nitrogens with two attached hydrogens (primary N) is 1. The average molecular weight is 173 g/mol. The average Bonchev–Trinajstić information content (AvgIpc) is 2.12. The summed E-state index contributed by atoms with van der Waals surface area (Å²) in [6.07, 6.45) is 0.400. The summed E-state index contributed by atoms with van der Waals surface area (Å²) >= 11 is 0. The van der Waals surface area contributed by atoms with E-state index in [0.29, 0.717) is 18.9 Å². The van der Waals surface area contributed by atoms with Crippen LogP contribution in [0.5, 0.6) is 0 Å². The molecular formula is C6H15N5O. The monoisotopic (exact) mass is 173 g/mol. The predicted octanol–water partition coefficient (Wildman–Crippen LogP) is -1.84. The van der Waals surface area contributed by atoms with Gasteiger partial charge in [0.05, 0.1) is 0 Å². The maximum Gasteiger partial charge on any atom is 0.221 e. The van der Waals surface area contributed by atoms with Crippen LogP contribution in [-0.2, 0) is 4.79 Å². The van der Waals surface area contributed by atoms with Crippen molar-refractivity contribution in [2.24, 2.45) is 10.8 Å². The van der Waals surface area contributed by atoms with Gasteiger partial charge in [-0.05, 0) is 0 Å². The zero-order chi connectivity index (χ0) is 9.40. The minimum atomic E-state index is -0.0185. The van der Waals surface area contributed by atoms with E-state index in [4.69, 9.17) is 5.84 Å². The van der Waals surface area contributed by atoms with Crippen LogP contribution in [0.1, 0.15) is 6.42 Å². The third kappa shape index (κ3) is 4.51. The van der Waals surface area contributed by atoms with Crippen LogP contribution < -0.4 is 21.9 Å². The van der Waals surface area contributed by atoms with Gasteiger partial charge in [0.15, 0.2) is 0 Å². The molecule has 0 saturated heterocycles. The van der Waals surface area contributed by atoms with Crippen molar-refractivity contribution in [3.05, 3.63) is 0 Å². The van der Waals surface area contributed by atoms with Gasteiger partial charge in [-0.15, -0.1) is 0 Å². The Bertz CT molecular complexity index is 167. The van der Waals surface area contributed by atoms with Gasteiger partial charge in [-0.3, -0.25) is 15.2 Å². The lowest BCUT2D eigenvalue weighted by Crippen LogP contribution is -2.42. The van der Waals surface area contributed by atoms with Crippen molar-refractivity contribution in [3.8, 4) is 0 Å². The Morgan fingerprint density at radius 1 is 1.58 bits per heavy atom. The third-order valence-corrected chi connectivity index (χ3v) is 1.28. The summed E-state index contributed by atoms with van der Waals surface area (Å²) in [5, 5.41) is 5.34. The Kier molecular flexibility index (Phi) is 5.72. The van der Waals surface area contributed by atoms with Gasteiger partial charge in [-0.2, -0.15) is 0 Å². The Labute approximate surface area is 71.6 Å². The lowest BCUT2D eigenvalue weighted by molar-refractivity contribution is -0.120. The smallest absolute Gasteiger partial charge is 0.221 e. The van der Waals surface area contributed by atoms with Gasteiger partial charge in [0.25, 0.3) is 0 Å². The Hall–Kier alpha value is -1.30. The highest BCUT2D eigenvalue weighted by atomic mass is 16.1. The van der Waals surface area contributed by atoms with Crippen molar-refractivity contribution < 1.29 is 4.79 Å². The van der Waals surface area contributed by atoms with Gasteiger partial charge in [0.1, 0.15) is 0 Å². The van der Waals surface area contributed by atoms with Crippen LogP contribution in [0.4, 0.5) is 0 Å². The second kappa shape index (κ2) is 6.41. The second-order valence-electron chi connectivity index (χ2n) is 2.07. The maximum absolute atomic E-state index is 10.7. The highest BCUT2D eigenvalue weighted by Gasteiger charge is 1.97. The van der Waals surface area contributed by atoms with Crippen LogP contribution in [0, 0.1) is 0 Å². The number of aliphatic imine (C=N–C) groups is 1. The van der Waals surface area contributed by atoms with Gasteiger partial charge >= 0.3 is 0 Å². The molecule has 0 aliphatic carbocycles. The summed E-state index contributed by atoms with van der Waals surface area (Å²) in [7, 11) is 3.19. The number of nitrogens with zero attached hydrogens (tertiary/aromatic N) is 1. The Morgan fingerprint density at radius 3 is 2.67 bits per heavy atom. The molecule has 0 radical (unpaired) electrons. The third-order valence-electron chi connectivity index (χ3n) is 1.28. The minimum Gasteiger partial charge on any atom is -0.359 e. The van der Waals surface area contributed by atoms with E-state index in [0.717, 1.165) is 0 Å². The normalized spacial score (nSPS) is 10.8. The first-order valence-corrected chi connectivity index (χ1v) is 3.62. The van der Waals surface area contributed by atoms with Gasteiger partial charge in [-0.1, -0.05) is 0 Å². The first-order chi connectivity index (χ1) is 5.74. The van der Waals surface area contributed by atoms with E-state index >= 15 is 0 Å². The molecule has 5 N–H and O–H groups in total. The van der Waals surface area contributed by atoms with Crippen molar-refractivity contribution in [1.29, 1.82) is 0 Å². The fourth-order valence-electron chi connectivity index (χ4n) is 0.614. The fourth-order valence-corrected chi connectivity index (χ4v) is 0.614. The predicted molar refractivity (Wildman–Crippen MR) is 47.4 cm³/mol. The Morgan fingerprint density at radius 2 is 2.25 bits per heavy atom. The summed E-state index contributed by atoms with van der Waals surface area (Å²) < 4.78 is 0. The number of guanidine groups is 1. The van der Waals surface area contributed by atoms with Gasteiger partial charge < -0.3 is 10.6 Å². The van der Waals surface area contributed by atoms with E-state index in [1.165, 1.54) is 0 Å². The summed E-state index contributed by atoms with van der Waals surface area (Å²) in [6, 6.07) is 0. The van der Waals surface area contributed by atoms with Gasteiger partial charge in [-0.25, -0.2) is 5.84 Å². The highest BCUT2D eigenvalue weighted by molar-refractivity contribution is 5.80. The molecule has 12 heavy (non-hydrogen) atoms. The maximum atomic E-state index is 10.7. The standard InChI is InChI=1S/C6H15N5O/c1-8-5(12)3-4-10-6(9-2)11-7/h3-4,7H2,1-2H3,(H,8,12)(H2,9,10,11). The summed E-state index contributed by atoms with van der Waals surface area (Å²) in [6.45, 7) is 0.510. The molecule has 0 unspecified atom stereocenters. The molecule has 0 aromatic rings. The Balaban J connectivity index is 3.48. The van der Waals surface area contributed by atoms with E-state index in [9.17, 15) is 4.79 Å². The van der Waals surface area contributed by atoms with Crippen molar-refractivity contribution in [1.82, 2.24) is 16.1 Å². The van der Waals surface area contributed by atoms with Gasteiger partial charge in [0, 0.05) is 27.1 Å². The lowest BCUT2D eigenvalue weighted by atomic mass is 10.4. The van der Waals surface area contributed by atoms with E-state index in [2.05, 4.69) is 21.1 Å². The zero-order valence-corrected chi connectivity index (χ0v) is 7.35. The molecule has 6 heteroatoms. The van der Waals surface area contributed by atoms with Crippen molar-refractivity contribution in [2.45, 2.75) is 6.42 Å². The fraction of sp³-hybridized carbons (Fsp3) is 0.667. The molecule has 0 aromatic heterocycles. The number of amides is 1. The second-order valence-corrected chi connectivity index (χ2v) is 2.07. The highest BCUT2D eigenvalue weighted by Crippen LogP contribution is 1.74. The number of hydrogen-bond donors (Lipinski definition) is 4. The molecule has 0 saturated carbocycles. The van der Waals surface area contributed by atoms with Crippen LogP contribution >= 0.6 is 0 Å². The van der Waals surface area contributed by atoms with E-state index in [1.807, 2.05) is 0 Å². The van der Waals surface area contributed by atoms with Crippen LogP contribution in [0.15, 0.2) is 4.99 Å². The first kappa shape index (κ1) is 10.7. The number of rotatable bonds is 3. The number of hydrazine groups is 1. The van der Waals surface area contributed by atoms with Crippen molar-refractivity contribution >= 4 is 11.9 Å². The topological polar surface area (TPSA) is 91.5 Å². The molecule has 0 heterocycles. The lowest BCUT2D eigenvalue weighted by Gasteiger charge is -2.06. The van der Waals surface area contributed by atoms with Crippen LogP contribution in [-0.4, -0.2) is 32.5 Å². The van der Waals surface area contributed by atoms with E-state index in [-0.39, 0.29) is 5.91 Å². The SMILES string of the molecule is CN=C(NN)NCCC(=O)NC. The zero-order valence-electron chi connectivity index (χ0n) is 7.35. The molecule has 0 aromatic carbocycles. The number of carbonyl (C=O) groups is 1. The molecule has 0 fully saturated rings. The van der Waals surface area contributed by atoms with E-state index in [1.54, 1.807) is 14.1 Å². The molecule has 0 atom stereocenters. The molecule has 0 aliphatic rings. The number of hydrogen-bond acceptors (Lipinski definition) is 3. The van der Waals surface area contributed by atoms with Gasteiger partial charge in [0.2, 0.25) is 11.9 Å². The van der Waals surface area contributed by atoms with Crippen LogP contribution in [0.25, 0.3) is 0 Å². The molecule has 70 valence electrons. The van der Waals surface area contributed by atoms with Crippen LogP contribution in [0.3, 0.4) is 0 Å². The number of carbonyl (C=O) groups excluding carboxylic acids is 1. The summed E-state index contributed by atoms with van der Waals surface area (Å²) in [5.41, 5.74) is 2.35. The number of nitrogens with one attached hydrogen (secondary N) is 3. The van der Waals surface area contributed by atoms with Crippen molar-refractivity contribution in [2.75, 3.05) is 20.6 Å². The molecule has 0 spiro atoms. The molecule has 0 aliphatic heterocycles. The quantitative estimate of drug-likeness (QED) is 0.175. The molecule has 0 rings (SSSR count). The summed E-state index contributed by atoms with van der Waals surface area (Å²) in [5.74, 6) is 5.54. The molecule has 6 nitrogen and oxygen atoms in total. The molecule has 1 amide bonds. The van der Waals surface area contributed by atoms with Crippen LogP contribution in [0.2, 0.25) is 0 Å². The van der Waals surface area contributed by atoms with E-state index < -0.39 is 0 Å². The first-order valence-electron chi connectivity index (χ1n) is 3.62. The minimum absolute atomic E-state index is 0.0185. The van der Waals surface area contributed by atoms with Crippen molar-refractivity contribution in [3.63, 3.8) is 0 Å². The largest absolute Gasteiger partial charge is 0.359 e. The molecular weight excluding hydrogens is 158 g/mol.